The van der Waals surface area contributed by atoms with Crippen LogP contribution in [0.4, 0.5) is 0 Å². The number of likely N-dealkylation sites (tertiary alicyclic amines) is 1. The minimum atomic E-state index is -0.459. The third-order valence-corrected chi connectivity index (χ3v) is 5.66. The lowest BCUT2D eigenvalue weighted by Crippen LogP contribution is -2.58. The number of hydrogen-bond acceptors (Lipinski definition) is 3. The molecule has 6 nitrogen and oxygen atoms in total. The molecular weight excluding hydrogens is 342 g/mol. The van der Waals surface area contributed by atoms with Gasteiger partial charge in [0.15, 0.2) is 0 Å². The van der Waals surface area contributed by atoms with Gasteiger partial charge in [-0.2, -0.15) is 0 Å². The molecule has 0 saturated carbocycles. The molecule has 1 aromatic carbocycles. The summed E-state index contributed by atoms with van der Waals surface area (Å²) < 4.78 is 0. The van der Waals surface area contributed by atoms with E-state index >= 15 is 0 Å². The molecule has 27 heavy (non-hydrogen) atoms. The number of hydrogen-bond donors (Lipinski definition) is 0. The summed E-state index contributed by atoms with van der Waals surface area (Å²) in [4.78, 5) is 42.3. The molecule has 0 bridgehead atoms. The lowest BCUT2D eigenvalue weighted by molar-refractivity contribution is -0.155. The predicted molar refractivity (Wildman–Crippen MR) is 103 cm³/mol. The van der Waals surface area contributed by atoms with E-state index in [2.05, 4.69) is 18.2 Å². The number of rotatable bonds is 6. The quantitative estimate of drug-likeness (QED) is 0.767. The van der Waals surface area contributed by atoms with Gasteiger partial charge in [0.2, 0.25) is 17.7 Å². The molecule has 3 rings (SSSR count). The summed E-state index contributed by atoms with van der Waals surface area (Å²) >= 11 is 0. The van der Waals surface area contributed by atoms with Crippen molar-refractivity contribution in [1.82, 2.24) is 14.7 Å². The fourth-order valence-corrected chi connectivity index (χ4v) is 3.91. The molecule has 0 aromatic heterocycles. The zero-order valence-corrected chi connectivity index (χ0v) is 16.5. The summed E-state index contributed by atoms with van der Waals surface area (Å²) in [5.41, 5.74) is 3.37. The van der Waals surface area contributed by atoms with Crippen LogP contribution in [0.3, 0.4) is 0 Å². The molecule has 0 unspecified atom stereocenters. The van der Waals surface area contributed by atoms with E-state index in [-0.39, 0.29) is 24.3 Å². The Hall–Kier alpha value is -2.37. The molecule has 0 aliphatic carbocycles. The van der Waals surface area contributed by atoms with Gasteiger partial charge in [0, 0.05) is 32.6 Å². The van der Waals surface area contributed by atoms with Crippen LogP contribution in [0.5, 0.6) is 0 Å². The van der Waals surface area contributed by atoms with Gasteiger partial charge < -0.3 is 14.7 Å². The fraction of sp³-hybridized carbons (Fsp3) is 0.571. The Bertz CT molecular complexity index is 746. The van der Waals surface area contributed by atoms with Crippen LogP contribution in [0.2, 0.25) is 0 Å². The average molecular weight is 371 g/mol. The monoisotopic (exact) mass is 371 g/mol. The molecule has 0 radical (unpaired) electrons. The molecule has 146 valence electrons. The number of carbonyl (C=O) groups excluding carboxylic acids is 3. The van der Waals surface area contributed by atoms with Crippen molar-refractivity contribution in [2.45, 2.75) is 52.6 Å². The van der Waals surface area contributed by atoms with Gasteiger partial charge >= 0.3 is 0 Å². The first-order valence-electron chi connectivity index (χ1n) is 9.79. The van der Waals surface area contributed by atoms with E-state index in [1.165, 1.54) is 0 Å². The number of amides is 3. The number of aryl methyl sites for hydroxylation is 2. The second-order valence-electron chi connectivity index (χ2n) is 7.73. The summed E-state index contributed by atoms with van der Waals surface area (Å²) in [7, 11) is 0. The van der Waals surface area contributed by atoms with Crippen molar-refractivity contribution >= 4 is 17.7 Å². The standard InChI is InChI=1S/C21H29N3O3/c1-15-7-8-16(2)18(12-15)13-24-17(3)21(27)23(14-20(24)26)11-5-10-22-9-4-6-19(22)25/h7-8,12,17H,4-6,9-11,13-14H2,1-3H3/t17-/m0/s1. The van der Waals surface area contributed by atoms with Crippen molar-refractivity contribution in [3.05, 3.63) is 34.9 Å². The second kappa shape index (κ2) is 8.11. The fourth-order valence-electron chi connectivity index (χ4n) is 3.91. The molecule has 2 aliphatic heterocycles. The van der Waals surface area contributed by atoms with Crippen LogP contribution < -0.4 is 0 Å². The zero-order valence-electron chi connectivity index (χ0n) is 16.5. The number of piperazine rings is 1. The minimum absolute atomic E-state index is 0.00680. The summed E-state index contributed by atoms with van der Waals surface area (Å²) in [5, 5.41) is 0. The molecule has 2 heterocycles. The SMILES string of the molecule is Cc1ccc(C)c(CN2C(=O)CN(CCCN3CCCC3=O)C(=O)[C@@H]2C)c1. The Kier molecular flexibility index (Phi) is 5.82. The van der Waals surface area contributed by atoms with Gasteiger partial charge in [0.1, 0.15) is 6.04 Å². The van der Waals surface area contributed by atoms with Gasteiger partial charge in [-0.1, -0.05) is 23.8 Å². The largest absolute Gasteiger partial charge is 0.343 e. The molecule has 1 atom stereocenters. The summed E-state index contributed by atoms with van der Waals surface area (Å²) in [6, 6.07) is 5.73. The van der Waals surface area contributed by atoms with Crippen molar-refractivity contribution in [3.63, 3.8) is 0 Å². The van der Waals surface area contributed by atoms with Crippen LogP contribution in [-0.4, -0.2) is 64.6 Å². The molecular formula is C21H29N3O3. The lowest BCUT2D eigenvalue weighted by Gasteiger charge is -2.39. The molecule has 3 amide bonds. The third kappa shape index (κ3) is 4.31. The Morgan fingerprint density at radius 3 is 2.48 bits per heavy atom. The predicted octanol–water partition coefficient (Wildman–Crippen LogP) is 1.88. The van der Waals surface area contributed by atoms with Crippen molar-refractivity contribution in [1.29, 1.82) is 0 Å². The molecule has 1 aromatic rings. The van der Waals surface area contributed by atoms with Crippen LogP contribution >= 0.6 is 0 Å². The highest BCUT2D eigenvalue weighted by molar-refractivity contribution is 5.94. The maximum Gasteiger partial charge on any atom is 0.245 e. The van der Waals surface area contributed by atoms with Crippen LogP contribution in [0.15, 0.2) is 18.2 Å². The van der Waals surface area contributed by atoms with Gasteiger partial charge in [0.25, 0.3) is 0 Å². The third-order valence-electron chi connectivity index (χ3n) is 5.66. The van der Waals surface area contributed by atoms with E-state index < -0.39 is 6.04 Å². The minimum Gasteiger partial charge on any atom is -0.343 e. The van der Waals surface area contributed by atoms with Gasteiger partial charge in [0.05, 0.1) is 6.54 Å². The lowest BCUT2D eigenvalue weighted by atomic mass is 10.0. The van der Waals surface area contributed by atoms with Gasteiger partial charge in [-0.25, -0.2) is 0 Å². The smallest absolute Gasteiger partial charge is 0.245 e. The first-order chi connectivity index (χ1) is 12.9. The highest BCUT2D eigenvalue weighted by atomic mass is 16.2. The molecule has 2 aliphatic rings. The van der Waals surface area contributed by atoms with Crippen LogP contribution in [-0.2, 0) is 20.9 Å². The molecule has 6 heteroatoms. The van der Waals surface area contributed by atoms with Crippen molar-refractivity contribution in [2.75, 3.05) is 26.2 Å². The van der Waals surface area contributed by atoms with E-state index in [0.717, 1.165) is 29.7 Å². The first kappa shape index (κ1) is 19.4. The normalized spacial score (nSPS) is 20.8. The van der Waals surface area contributed by atoms with E-state index in [4.69, 9.17) is 0 Å². The van der Waals surface area contributed by atoms with Crippen molar-refractivity contribution < 1.29 is 14.4 Å². The Balaban J connectivity index is 1.58. The first-order valence-corrected chi connectivity index (χ1v) is 9.79. The van der Waals surface area contributed by atoms with Gasteiger partial charge in [-0.05, 0) is 44.7 Å². The van der Waals surface area contributed by atoms with E-state index in [1.807, 2.05) is 25.7 Å². The Labute approximate surface area is 161 Å². The Morgan fingerprint density at radius 2 is 1.78 bits per heavy atom. The number of benzene rings is 1. The molecule has 2 saturated heterocycles. The van der Waals surface area contributed by atoms with Crippen LogP contribution in [0.25, 0.3) is 0 Å². The highest BCUT2D eigenvalue weighted by Gasteiger charge is 2.36. The van der Waals surface area contributed by atoms with Crippen LogP contribution in [0, 0.1) is 13.8 Å². The Morgan fingerprint density at radius 1 is 1.04 bits per heavy atom. The molecule has 0 N–H and O–H groups in total. The van der Waals surface area contributed by atoms with Crippen LogP contribution in [0.1, 0.15) is 42.9 Å². The van der Waals surface area contributed by atoms with E-state index in [0.29, 0.717) is 32.5 Å². The topological polar surface area (TPSA) is 60.9 Å². The summed E-state index contributed by atoms with van der Waals surface area (Å²) in [5.74, 6) is 0.178. The molecule has 0 spiro atoms. The summed E-state index contributed by atoms with van der Waals surface area (Å²) in [6.07, 6.45) is 2.27. The molecule has 2 fully saturated rings. The zero-order chi connectivity index (χ0) is 19.6. The van der Waals surface area contributed by atoms with Crippen molar-refractivity contribution in [2.24, 2.45) is 0 Å². The summed E-state index contributed by atoms with van der Waals surface area (Å²) in [6.45, 7) is 8.46. The average Bonchev–Trinajstić information content (AvgIpc) is 3.04. The number of carbonyl (C=O) groups is 3. The maximum absolute atomic E-state index is 12.8. The van der Waals surface area contributed by atoms with Gasteiger partial charge in [-0.15, -0.1) is 0 Å². The van der Waals surface area contributed by atoms with Gasteiger partial charge in [-0.3, -0.25) is 14.4 Å². The maximum atomic E-state index is 12.8. The second-order valence-corrected chi connectivity index (χ2v) is 7.73. The van der Waals surface area contributed by atoms with Crippen molar-refractivity contribution in [3.8, 4) is 0 Å². The highest BCUT2D eigenvalue weighted by Crippen LogP contribution is 2.20. The van der Waals surface area contributed by atoms with E-state index in [1.54, 1.807) is 9.80 Å². The van der Waals surface area contributed by atoms with E-state index in [9.17, 15) is 14.4 Å². The number of nitrogens with zero attached hydrogens (tertiary/aromatic N) is 3.